The van der Waals surface area contributed by atoms with Crippen LogP contribution in [0.3, 0.4) is 0 Å². The molecule has 1 heterocycles. The molecule has 3 heteroatoms. The van der Waals surface area contributed by atoms with E-state index in [2.05, 4.69) is 24.3 Å². The zero-order valence-electron chi connectivity index (χ0n) is 10.9. The Kier molecular flexibility index (Phi) is 5.65. The lowest BCUT2D eigenvalue weighted by molar-refractivity contribution is -0.186. The van der Waals surface area contributed by atoms with E-state index in [-0.39, 0.29) is 12.4 Å². The minimum atomic E-state index is -0.0388. The summed E-state index contributed by atoms with van der Waals surface area (Å²) in [5, 5.41) is 0. The molecule has 1 aliphatic rings. The highest BCUT2D eigenvalue weighted by Crippen LogP contribution is 2.17. The van der Waals surface area contributed by atoms with Crippen LogP contribution in [0.1, 0.15) is 31.2 Å². The second-order valence-corrected chi connectivity index (χ2v) is 4.81. The molecule has 0 aliphatic carbocycles. The second-order valence-electron chi connectivity index (χ2n) is 4.81. The number of aryl methyl sites for hydroxylation is 1. The monoisotopic (exact) mass is 249 g/mol. The number of ether oxygens (including phenoxy) is 2. The van der Waals surface area contributed by atoms with Gasteiger partial charge in [-0.1, -0.05) is 30.3 Å². The maximum Gasteiger partial charge on any atom is 0.158 e. The minimum Gasteiger partial charge on any atom is -0.353 e. The smallest absolute Gasteiger partial charge is 0.158 e. The van der Waals surface area contributed by atoms with Crippen molar-refractivity contribution in [3.05, 3.63) is 35.9 Å². The van der Waals surface area contributed by atoms with E-state index in [1.54, 1.807) is 0 Å². The Morgan fingerprint density at radius 2 is 2.11 bits per heavy atom. The predicted molar refractivity (Wildman–Crippen MR) is 72.3 cm³/mol. The molecule has 0 spiro atoms. The summed E-state index contributed by atoms with van der Waals surface area (Å²) in [4.78, 5) is 0. The van der Waals surface area contributed by atoms with Gasteiger partial charge >= 0.3 is 0 Å². The fourth-order valence-corrected chi connectivity index (χ4v) is 2.25. The van der Waals surface area contributed by atoms with Crippen LogP contribution >= 0.6 is 0 Å². The van der Waals surface area contributed by atoms with Gasteiger partial charge < -0.3 is 15.2 Å². The molecular formula is C15H23NO2. The van der Waals surface area contributed by atoms with E-state index in [1.807, 2.05) is 6.07 Å². The second kappa shape index (κ2) is 7.52. The average Bonchev–Trinajstić information content (AvgIpc) is 2.45. The molecule has 2 unspecified atom stereocenters. The first-order valence-corrected chi connectivity index (χ1v) is 6.89. The van der Waals surface area contributed by atoms with Crippen molar-refractivity contribution in [2.75, 3.05) is 13.2 Å². The Morgan fingerprint density at radius 3 is 2.78 bits per heavy atom. The van der Waals surface area contributed by atoms with Crippen molar-refractivity contribution in [1.29, 1.82) is 0 Å². The number of hydrogen-bond donors (Lipinski definition) is 1. The molecule has 0 bridgehead atoms. The highest BCUT2D eigenvalue weighted by molar-refractivity contribution is 5.14. The van der Waals surface area contributed by atoms with E-state index in [4.69, 9.17) is 15.2 Å². The Bertz CT molecular complexity index is 323. The molecule has 1 saturated heterocycles. The number of benzene rings is 1. The van der Waals surface area contributed by atoms with Crippen LogP contribution in [0.4, 0.5) is 0 Å². The largest absolute Gasteiger partial charge is 0.353 e. The van der Waals surface area contributed by atoms with Crippen molar-refractivity contribution in [3.8, 4) is 0 Å². The summed E-state index contributed by atoms with van der Waals surface area (Å²) in [6, 6.07) is 10.5. The summed E-state index contributed by atoms with van der Waals surface area (Å²) >= 11 is 0. The molecular weight excluding hydrogens is 226 g/mol. The van der Waals surface area contributed by atoms with Gasteiger partial charge in [0.05, 0.1) is 6.10 Å². The van der Waals surface area contributed by atoms with Gasteiger partial charge in [0.1, 0.15) is 0 Å². The fourth-order valence-electron chi connectivity index (χ4n) is 2.25. The van der Waals surface area contributed by atoms with Crippen LogP contribution in [-0.4, -0.2) is 25.5 Å². The Morgan fingerprint density at radius 1 is 1.28 bits per heavy atom. The van der Waals surface area contributed by atoms with E-state index in [0.29, 0.717) is 6.54 Å². The lowest BCUT2D eigenvalue weighted by Gasteiger charge is -2.27. The summed E-state index contributed by atoms with van der Waals surface area (Å²) in [6.07, 6.45) is 5.38. The molecule has 2 atom stereocenters. The van der Waals surface area contributed by atoms with Crippen molar-refractivity contribution >= 4 is 0 Å². The lowest BCUT2D eigenvalue weighted by Crippen LogP contribution is -2.32. The first kappa shape index (κ1) is 13.5. The van der Waals surface area contributed by atoms with Gasteiger partial charge in [0.15, 0.2) is 6.29 Å². The fraction of sp³-hybridized carbons (Fsp3) is 0.600. The van der Waals surface area contributed by atoms with Crippen molar-refractivity contribution in [2.45, 2.75) is 44.5 Å². The van der Waals surface area contributed by atoms with E-state index < -0.39 is 0 Å². The van der Waals surface area contributed by atoms with Crippen LogP contribution < -0.4 is 5.73 Å². The molecule has 1 aromatic carbocycles. The van der Waals surface area contributed by atoms with Crippen molar-refractivity contribution in [2.24, 2.45) is 5.73 Å². The molecule has 3 nitrogen and oxygen atoms in total. The summed E-state index contributed by atoms with van der Waals surface area (Å²) in [5.74, 6) is 0. The standard InChI is InChI=1S/C15H23NO2/c16-12-14(18-15-8-4-5-11-17-15)10-9-13-6-2-1-3-7-13/h1-3,6-7,14-15H,4-5,8-12,16H2. The van der Waals surface area contributed by atoms with Gasteiger partial charge in [0, 0.05) is 13.2 Å². The number of hydrogen-bond acceptors (Lipinski definition) is 3. The molecule has 1 aromatic rings. The first-order chi connectivity index (χ1) is 8.88. The average molecular weight is 249 g/mol. The molecule has 100 valence electrons. The van der Waals surface area contributed by atoms with Crippen molar-refractivity contribution in [1.82, 2.24) is 0 Å². The Hall–Kier alpha value is -0.900. The third-order valence-electron chi connectivity index (χ3n) is 3.34. The van der Waals surface area contributed by atoms with E-state index >= 15 is 0 Å². The highest BCUT2D eigenvalue weighted by Gasteiger charge is 2.18. The first-order valence-electron chi connectivity index (χ1n) is 6.89. The quantitative estimate of drug-likeness (QED) is 0.842. The van der Waals surface area contributed by atoms with Gasteiger partial charge in [-0.3, -0.25) is 0 Å². The van der Waals surface area contributed by atoms with Gasteiger partial charge in [-0.25, -0.2) is 0 Å². The van der Waals surface area contributed by atoms with Gasteiger partial charge in [0.25, 0.3) is 0 Å². The number of nitrogens with two attached hydrogens (primary N) is 1. The van der Waals surface area contributed by atoms with Crippen LogP contribution in [0.25, 0.3) is 0 Å². The molecule has 2 rings (SSSR count). The van der Waals surface area contributed by atoms with Crippen LogP contribution in [0.5, 0.6) is 0 Å². The summed E-state index contributed by atoms with van der Waals surface area (Å²) in [5.41, 5.74) is 7.11. The molecule has 0 saturated carbocycles. The molecule has 1 aliphatic heterocycles. The summed E-state index contributed by atoms with van der Waals surface area (Å²) in [7, 11) is 0. The van der Waals surface area contributed by atoms with Crippen LogP contribution in [0.15, 0.2) is 30.3 Å². The lowest BCUT2D eigenvalue weighted by atomic mass is 10.1. The van der Waals surface area contributed by atoms with Crippen LogP contribution in [0.2, 0.25) is 0 Å². The molecule has 0 amide bonds. The summed E-state index contributed by atoms with van der Waals surface area (Å²) in [6.45, 7) is 1.38. The van der Waals surface area contributed by atoms with E-state index in [9.17, 15) is 0 Å². The molecule has 2 N–H and O–H groups in total. The van der Waals surface area contributed by atoms with E-state index in [1.165, 1.54) is 12.0 Å². The maximum atomic E-state index is 5.92. The SMILES string of the molecule is NCC(CCc1ccccc1)OC1CCCCO1. The van der Waals surface area contributed by atoms with Crippen molar-refractivity contribution < 1.29 is 9.47 Å². The van der Waals surface area contributed by atoms with Gasteiger partial charge in [0.2, 0.25) is 0 Å². The molecule has 0 radical (unpaired) electrons. The van der Waals surface area contributed by atoms with Gasteiger partial charge in [-0.05, 0) is 37.7 Å². The third-order valence-corrected chi connectivity index (χ3v) is 3.34. The summed E-state index contributed by atoms with van der Waals surface area (Å²) < 4.78 is 11.5. The molecule has 0 aromatic heterocycles. The normalized spacial score (nSPS) is 21.7. The van der Waals surface area contributed by atoms with Gasteiger partial charge in [-0.2, -0.15) is 0 Å². The van der Waals surface area contributed by atoms with Crippen LogP contribution in [0, 0.1) is 0 Å². The molecule has 18 heavy (non-hydrogen) atoms. The minimum absolute atomic E-state index is 0.0388. The topological polar surface area (TPSA) is 44.5 Å². The predicted octanol–water partition coefficient (Wildman–Crippen LogP) is 2.49. The maximum absolute atomic E-state index is 5.92. The number of rotatable bonds is 6. The van der Waals surface area contributed by atoms with Crippen molar-refractivity contribution in [3.63, 3.8) is 0 Å². The third kappa shape index (κ3) is 4.41. The Balaban J connectivity index is 1.74. The highest BCUT2D eigenvalue weighted by atomic mass is 16.7. The zero-order chi connectivity index (χ0) is 12.6. The van der Waals surface area contributed by atoms with Gasteiger partial charge in [-0.15, -0.1) is 0 Å². The van der Waals surface area contributed by atoms with Crippen LogP contribution in [-0.2, 0) is 15.9 Å². The zero-order valence-corrected chi connectivity index (χ0v) is 10.9. The van der Waals surface area contributed by atoms with E-state index in [0.717, 1.165) is 32.3 Å². The molecule has 1 fully saturated rings. The Labute approximate surface area is 109 Å².